The van der Waals surface area contributed by atoms with Crippen molar-refractivity contribution in [3.05, 3.63) is 70.3 Å². The van der Waals surface area contributed by atoms with Crippen molar-refractivity contribution in [3.8, 4) is 0 Å². The molecule has 0 bridgehead atoms. The number of aryl methyl sites for hydroxylation is 1. The molecule has 0 fully saturated rings. The first-order valence-corrected chi connectivity index (χ1v) is 10.5. The molecule has 32 heavy (non-hydrogen) atoms. The first-order chi connectivity index (χ1) is 14.7. The lowest BCUT2D eigenvalue weighted by Gasteiger charge is -2.17. The summed E-state index contributed by atoms with van der Waals surface area (Å²) < 4.78 is 106. The molecule has 1 atom stereocenters. The number of nitrogens with one attached hydrogen (secondary N) is 1. The lowest BCUT2D eigenvalue weighted by Crippen LogP contribution is -2.28. The molecule has 2 aromatic carbocycles. The Labute approximate surface area is 178 Å². The van der Waals surface area contributed by atoms with E-state index < -0.39 is 50.4 Å². The lowest BCUT2D eigenvalue weighted by atomic mass is 10.0. The van der Waals surface area contributed by atoms with E-state index in [1.165, 1.54) is 18.2 Å². The maximum Gasteiger partial charge on any atom is 0.416 e. The molecule has 3 rings (SSSR count). The molecule has 1 aliphatic rings. The van der Waals surface area contributed by atoms with Crippen LogP contribution in [0.4, 0.5) is 26.3 Å². The van der Waals surface area contributed by atoms with Gasteiger partial charge in [0.25, 0.3) is 0 Å². The number of halogens is 6. The van der Waals surface area contributed by atoms with E-state index in [0.29, 0.717) is 23.1 Å². The summed E-state index contributed by atoms with van der Waals surface area (Å²) in [5, 5.41) is 10.5. The number of hydrogen-bond acceptors (Lipinski definition) is 4. The van der Waals surface area contributed by atoms with Crippen molar-refractivity contribution in [2.24, 2.45) is 0 Å². The van der Waals surface area contributed by atoms with Gasteiger partial charge in [-0.3, -0.25) is 0 Å². The summed E-state index contributed by atoms with van der Waals surface area (Å²) in [5.74, 6) is -1.41. The standard InChI is InChI=1S/C20H15F6NO4S/c21-19(22,23)13-8-14(20(24,25)26)10-15(9-13)32(30,31)27-17-5-3-12-7-11(1-4-16(12)17)2-6-18(28)29/h1-2,4,6-10,17,27H,3,5H2,(H,28,29)/p-1/b6-2+. The second-order valence-electron chi connectivity index (χ2n) is 7.06. The summed E-state index contributed by atoms with van der Waals surface area (Å²) in [4.78, 5) is 9.36. The average molecular weight is 478 g/mol. The third-order valence-corrected chi connectivity index (χ3v) is 6.28. The molecule has 0 aliphatic heterocycles. The topological polar surface area (TPSA) is 86.3 Å². The fourth-order valence-corrected chi connectivity index (χ4v) is 4.68. The number of sulfonamides is 1. The van der Waals surface area contributed by atoms with E-state index >= 15 is 0 Å². The van der Waals surface area contributed by atoms with Crippen LogP contribution in [0.25, 0.3) is 6.08 Å². The largest absolute Gasteiger partial charge is 0.545 e. The maximum absolute atomic E-state index is 13.0. The van der Waals surface area contributed by atoms with Crippen molar-refractivity contribution >= 4 is 22.1 Å². The zero-order chi connectivity index (χ0) is 23.9. The summed E-state index contributed by atoms with van der Waals surface area (Å²) in [6, 6.07) is 3.90. The van der Waals surface area contributed by atoms with Crippen LogP contribution in [0.15, 0.2) is 47.4 Å². The van der Waals surface area contributed by atoms with Gasteiger partial charge in [-0.15, -0.1) is 0 Å². The van der Waals surface area contributed by atoms with Gasteiger partial charge in [0, 0.05) is 6.04 Å². The fourth-order valence-electron chi connectivity index (χ4n) is 3.36. The van der Waals surface area contributed by atoms with Crippen LogP contribution in [0.2, 0.25) is 0 Å². The predicted molar refractivity (Wildman–Crippen MR) is 98.3 cm³/mol. The Kier molecular flexibility index (Phi) is 6.13. The van der Waals surface area contributed by atoms with Gasteiger partial charge >= 0.3 is 12.4 Å². The van der Waals surface area contributed by atoms with Gasteiger partial charge < -0.3 is 9.90 Å². The number of carboxylic acid groups (broad SMARTS) is 1. The normalized spacial score (nSPS) is 17.0. The van der Waals surface area contributed by atoms with Crippen LogP contribution in [0, 0.1) is 0 Å². The molecular formula is C20H14F6NO4S-. The van der Waals surface area contributed by atoms with E-state index in [1.807, 2.05) is 0 Å². The van der Waals surface area contributed by atoms with Crippen LogP contribution in [0.3, 0.4) is 0 Å². The van der Waals surface area contributed by atoms with Gasteiger partial charge in [-0.2, -0.15) is 26.3 Å². The molecule has 0 radical (unpaired) electrons. The molecule has 0 saturated heterocycles. The van der Waals surface area contributed by atoms with Gasteiger partial charge in [0.1, 0.15) is 0 Å². The number of carbonyl (C=O) groups excluding carboxylic acids is 1. The molecule has 0 amide bonds. The summed E-state index contributed by atoms with van der Waals surface area (Å²) in [7, 11) is -4.73. The summed E-state index contributed by atoms with van der Waals surface area (Å²) in [6.45, 7) is 0. The summed E-state index contributed by atoms with van der Waals surface area (Å²) in [6.07, 6.45) is -7.70. The van der Waals surface area contributed by atoms with E-state index in [4.69, 9.17) is 0 Å². The first kappa shape index (κ1) is 23.8. The number of aliphatic carboxylic acids is 1. The van der Waals surface area contributed by atoms with Crippen LogP contribution in [-0.2, 0) is 33.6 Å². The van der Waals surface area contributed by atoms with Gasteiger partial charge in [-0.25, -0.2) is 13.1 Å². The number of fused-ring (bicyclic) bond motifs is 1. The van der Waals surface area contributed by atoms with Crippen molar-refractivity contribution in [1.82, 2.24) is 4.72 Å². The Balaban J connectivity index is 1.94. The highest BCUT2D eigenvalue weighted by Gasteiger charge is 2.39. The van der Waals surface area contributed by atoms with Crippen LogP contribution >= 0.6 is 0 Å². The molecule has 2 aromatic rings. The Morgan fingerprint density at radius 2 is 1.59 bits per heavy atom. The third kappa shape index (κ3) is 5.30. The molecule has 0 heterocycles. The van der Waals surface area contributed by atoms with Gasteiger partial charge in [0.05, 0.1) is 22.0 Å². The molecule has 1 unspecified atom stereocenters. The molecule has 1 aliphatic carbocycles. The van der Waals surface area contributed by atoms with E-state index in [2.05, 4.69) is 4.72 Å². The van der Waals surface area contributed by atoms with Crippen molar-refractivity contribution in [3.63, 3.8) is 0 Å². The third-order valence-electron chi connectivity index (χ3n) is 4.83. The van der Waals surface area contributed by atoms with Crippen LogP contribution in [0.5, 0.6) is 0 Å². The molecule has 0 spiro atoms. The Bertz CT molecular complexity index is 1150. The number of alkyl halides is 6. The quantitative estimate of drug-likeness (QED) is 0.527. The highest BCUT2D eigenvalue weighted by atomic mass is 32.2. The molecule has 172 valence electrons. The molecule has 0 saturated carbocycles. The Hall–Kier alpha value is -2.86. The average Bonchev–Trinajstić information content (AvgIpc) is 3.06. The second-order valence-corrected chi connectivity index (χ2v) is 8.78. The first-order valence-electron chi connectivity index (χ1n) is 9.00. The second kappa shape index (κ2) is 8.24. The van der Waals surface area contributed by atoms with Crippen molar-refractivity contribution in [2.75, 3.05) is 0 Å². The van der Waals surface area contributed by atoms with Crippen LogP contribution in [0.1, 0.15) is 40.3 Å². The van der Waals surface area contributed by atoms with Crippen LogP contribution in [-0.4, -0.2) is 14.4 Å². The minimum Gasteiger partial charge on any atom is -0.545 e. The van der Waals surface area contributed by atoms with E-state index in [1.54, 1.807) is 6.07 Å². The molecule has 1 N–H and O–H groups in total. The highest BCUT2D eigenvalue weighted by Crippen LogP contribution is 2.38. The summed E-state index contributed by atoms with van der Waals surface area (Å²) in [5.41, 5.74) is -1.81. The van der Waals surface area contributed by atoms with E-state index in [0.717, 1.165) is 6.08 Å². The monoisotopic (exact) mass is 478 g/mol. The van der Waals surface area contributed by atoms with Gasteiger partial charge in [-0.1, -0.05) is 24.3 Å². The maximum atomic E-state index is 13.0. The van der Waals surface area contributed by atoms with Gasteiger partial charge in [0.2, 0.25) is 10.0 Å². The number of benzene rings is 2. The van der Waals surface area contributed by atoms with Crippen LogP contribution < -0.4 is 9.83 Å². The number of hydrogen-bond donors (Lipinski definition) is 1. The van der Waals surface area contributed by atoms with Gasteiger partial charge in [-0.05, 0) is 53.8 Å². The summed E-state index contributed by atoms with van der Waals surface area (Å²) >= 11 is 0. The fraction of sp³-hybridized carbons (Fsp3) is 0.250. The zero-order valence-corrected chi connectivity index (χ0v) is 16.7. The number of carboxylic acids is 1. The predicted octanol–water partition coefficient (Wildman–Crippen LogP) is 3.45. The number of carbonyl (C=O) groups is 1. The smallest absolute Gasteiger partial charge is 0.416 e. The lowest BCUT2D eigenvalue weighted by molar-refractivity contribution is -0.297. The van der Waals surface area contributed by atoms with Crippen molar-refractivity contribution < 1.29 is 44.7 Å². The minimum absolute atomic E-state index is 0.147. The van der Waals surface area contributed by atoms with Crippen molar-refractivity contribution in [1.29, 1.82) is 0 Å². The Morgan fingerprint density at radius 1 is 1.00 bits per heavy atom. The van der Waals surface area contributed by atoms with Gasteiger partial charge in [0.15, 0.2) is 0 Å². The van der Waals surface area contributed by atoms with E-state index in [9.17, 15) is 44.7 Å². The zero-order valence-electron chi connectivity index (χ0n) is 15.9. The molecule has 5 nitrogen and oxygen atoms in total. The van der Waals surface area contributed by atoms with Crippen molar-refractivity contribution in [2.45, 2.75) is 36.1 Å². The SMILES string of the molecule is O=C([O-])/C=C/c1ccc2c(c1)CCC2NS(=O)(=O)c1cc(C(F)(F)F)cc(C(F)(F)F)c1. The number of rotatable bonds is 5. The molecule has 0 aromatic heterocycles. The molecule has 12 heteroatoms. The molecular weight excluding hydrogens is 464 g/mol. The Morgan fingerprint density at radius 3 is 2.12 bits per heavy atom. The highest BCUT2D eigenvalue weighted by molar-refractivity contribution is 7.89. The van der Waals surface area contributed by atoms with E-state index in [-0.39, 0.29) is 24.6 Å². The minimum atomic E-state index is -5.18.